The average Bonchev–Trinajstić information content (AvgIpc) is 3.14. The Morgan fingerprint density at radius 2 is 1.86 bits per heavy atom. The summed E-state index contributed by atoms with van der Waals surface area (Å²) < 4.78 is 5.48. The first-order valence-electron chi connectivity index (χ1n) is 13.3. The molecule has 4 rings (SSSR count). The predicted molar refractivity (Wildman–Crippen MR) is 153 cm³/mol. The molecule has 0 unspecified atom stereocenters. The first-order valence-corrected chi connectivity index (χ1v) is 13.3. The van der Waals surface area contributed by atoms with E-state index in [1.807, 2.05) is 44.2 Å². The van der Waals surface area contributed by atoms with E-state index in [4.69, 9.17) is 14.7 Å². The number of hydrogen-bond acceptors (Lipinski definition) is 7. The van der Waals surface area contributed by atoms with Gasteiger partial charge in [0.25, 0.3) is 0 Å². The van der Waals surface area contributed by atoms with Gasteiger partial charge in [0.15, 0.2) is 0 Å². The minimum atomic E-state index is 0.384. The van der Waals surface area contributed by atoms with Crippen molar-refractivity contribution in [1.82, 2.24) is 19.8 Å². The topological polar surface area (TPSA) is 56.8 Å². The third-order valence-corrected chi connectivity index (χ3v) is 6.82. The number of hydrogen-bond donors (Lipinski definition) is 1. The zero-order chi connectivity index (χ0) is 25.9. The Morgan fingerprint density at radius 1 is 1.08 bits per heavy atom. The monoisotopic (exact) mass is 492 g/mol. The molecule has 196 valence electrons. The van der Waals surface area contributed by atoms with Crippen LogP contribution in [0.25, 0.3) is 10.9 Å². The van der Waals surface area contributed by atoms with Gasteiger partial charge in [0.05, 0.1) is 12.6 Å². The summed E-state index contributed by atoms with van der Waals surface area (Å²) in [6.45, 7) is 18.8. The summed E-state index contributed by atoms with van der Waals surface area (Å²) >= 11 is 0. The van der Waals surface area contributed by atoms with Gasteiger partial charge in [-0.1, -0.05) is 45.2 Å². The third kappa shape index (κ3) is 7.31. The summed E-state index contributed by atoms with van der Waals surface area (Å²) in [5.74, 6) is 2.55. The molecular formula is C29H44N6O. The Morgan fingerprint density at radius 3 is 2.56 bits per heavy atom. The highest BCUT2D eigenvalue weighted by Crippen LogP contribution is 2.29. The van der Waals surface area contributed by atoms with Crippen molar-refractivity contribution in [3.8, 4) is 5.75 Å². The van der Waals surface area contributed by atoms with E-state index < -0.39 is 0 Å². The third-order valence-electron chi connectivity index (χ3n) is 6.82. The van der Waals surface area contributed by atoms with Crippen molar-refractivity contribution < 1.29 is 4.74 Å². The summed E-state index contributed by atoms with van der Waals surface area (Å²) in [5, 5.41) is 4.81. The standard InChI is InChI=1S/C27H38N6O.C2H6/c1-5-8-21(6-2)20-32-15-11-22(12-16-32)28-26-24-10-9-23(34-4)19-25(24)29-27(30-26)33-14-7-13-31(3)17-18-33;1-2/h5-6,8-10,19,22H,1-2,7,11-18,20H2,3-4H3,(H,28,29,30);1-2H3/b21-8+;. The molecule has 1 aromatic heterocycles. The number of rotatable bonds is 8. The minimum Gasteiger partial charge on any atom is -0.497 e. The second kappa shape index (κ2) is 14.0. The number of methoxy groups -OCH3 is 1. The Balaban J connectivity index is 0.00000176. The number of nitrogens with one attached hydrogen (secondary N) is 1. The summed E-state index contributed by atoms with van der Waals surface area (Å²) in [5.41, 5.74) is 2.14. The number of ether oxygens (including phenoxy) is 1. The zero-order valence-corrected chi connectivity index (χ0v) is 22.7. The molecule has 0 amide bonds. The van der Waals surface area contributed by atoms with E-state index in [1.165, 1.54) is 5.57 Å². The van der Waals surface area contributed by atoms with Crippen molar-refractivity contribution >= 4 is 22.7 Å². The van der Waals surface area contributed by atoms with Crippen LogP contribution in [0.3, 0.4) is 0 Å². The molecule has 2 aliphatic heterocycles. The van der Waals surface area contributed by atoms with Crippen LogP contribution in [0, 0.1) is 0 Å². The highest BCUT2D eigenvalue weighted by molar-refractivity contribution is 5.91. The highest BCUT2D eigenvalue weighted by atomic mass is 16.5. The number of nitrogens with zero attached hydrogens (tertiary/aromatic N) is 5. The molecule has 2 aliphatic rings. The number of anilines is 2. The van der Waals surface area contributed by atoms with Crippen molar-refractivity contribution in [3.05, 3.63) is 55.2 Å². The Hall–Kier alpha value is -2.90. The molecule has 0 atom stereocenters. The second-order valence-corrected chi connectivity index (χ2v) is 9.28. The molecular weight excluding hydrogens is 448 g/mol. The van der Waals surface area contributed by atoms with E-state index in [2.05, 4.69) is 46.3 Å². The normalized spacial score (nSPS) is 18.2. The Labute approximate surface area is 217 Å². The average molecular weight is 493 g/mol. The number of allylic oxidation sites excluding steroid dienone is 2. The number of benzene rings is 1. The van der Waals surface area contributed by atoms with Crippen molar-refractivity contribution in [2.45, 2.75) is 39.2 Å². The van der Waals surface area contributed by atoms with E-state index >= 15 is 0 Å². The van der Waals surface area contributed by atoms with Crippen LogP contribution in [0.2, 0.25) is 0 Å². The number of likely N-dealkylation sites (tertiary alicyclic amines) is 1. The molecule has 1 aromatic carbocycles. The molecule has 36 heavy (non-hydrogen) atoms. The molecule has 3 heterocycles. The predicted octanol–water partition coefficient (Wildman–Crippen LogP) is 4.98. The van der Waals surface area contributed by atoms with Crippen LogP contribution in [-0.4, -0.2) is 85.8 Å². The maximum Gasteiger partial charge on any atom is 0.227 e. The molecule has 7 nitrogen and oxygen atoms in total. The lowest BCUT2D eigenvalue weighted by molar-refractivity contribution is 0.237. The van der Waals surface area contributed by atoms with Gasteiger partial charge in [-0.3, -0.25) is 4.90 Å². The number of likely N-dealkylation sites (N-methyl/N-ethyl adjacent to an activating group) is 1. The number of fused-ring (bicyclic) bond motifs is 1. The van der Waals surface area contributed by atoms with Crippen molar-refractivity contribution in [2.75, 3.05) is 70.2 Å². The van der Waals surface area contributed by atoms with Gasteiger partial charge < -0.3 is 19.9 Å². The van der Waals surface area contributed by atoms with Gasteiger partial charge in [-0.2, -0.15) is 4.98 Å². The van der Waals surface area contributed by atoms with E-state index in [1.54, 1.807) is 7.11 Å². The maximum atomic E-state index is 5.48. The fourth-order valence-electron chi connectivity index (χ4n) is 4.75. The quantitative estimate of drug-likeness (QED) is 0.522. The number of piperidine rings is 1. The summed E-state index contributed by atoms with van der Waals surface area (Å²) in [6, 6.07) is 6.46. The molecule has 2 aromatic rings. The summed E-state index contributed by atoms with van der Waals surface area (Å²) in [7, 11) is 3.88. The van der Waals surface area contributed by atoms with E-state index in [0.29, 0.717) is 6.04 Å². The van der Waals surface area contributed by atoms with Gasteiger partial charge in [0.2, 0.25) is 5.95 Å². The lowest BCUT2D eigenvalue weighted by atomic mass is 10.0. The van der Waals surface area contributed by atoms with Gasteiger partial charge >= 0.3 is 0 Å². The van der Waals surface area contributed by atoms with Crippen LogP contribution < -0.4 is 15.0 Å². The van der Waals surface area contributed by atoms with Crippen molar-refractivity contribution in [3.63, 3.8) is 0 Å². The van der Waals surface area contributed by atoms with Crippen LogP contribution >= 0.6 is 0 Å². The van der Waals surface area contributed by atoms with Crippen LogP contribution in [0.15, 0.2) is 55.2 Å². The Kier molecular flexibility index (Phi) is 10.8. The first-order chi connectivity index (χ1) is 17.6. The lowest BCUT2D eigenvalue weighted by Crippen LogP contribution is -2.40. The van der Waals surface area contributed by atoms with Gasteiger partial charge in [0.1, 0.15) is 11.6 Å². The van der Waals surface area contributed by atoms with Crippen LogP contribution in [0.1, 0.15) is 33.1 Å². The molecule has 0 saturated carbocycles. The van der Waals surface area contributed by atoms with Gasteiger partial charge in [-0.05, 0) is 50.6 Å². The molecule has 2 saturated heterocycles. The minimum absolute atomic E-state index is 0.384. The molecule has 7 heteroatoms. The smallest absolute Gasteiger partial charge is 0.227 e. The highest BCUT2D eigenvalue weighted by Gasteiger charge is 2.22. The Bertz CT molecular complexity index is 1030. The van der Waals surface area contributed by atoms with Gasteiger partial charge in [-0.15, -0.1) is 0 Å². The largest absolute Gasteiger partial charge is 0.497 e. The lowest BCUT2D eigenvalue weighted by Gasteiger charge is -2.33. The summed E-state index contributed by atoms with van der Waals surface area (Å²) in [6.07, 6.45) is 9.06. The fraction of sp³-hybridized carbons (Fsp3) is 0.517. The maximum absolute atomic E-state index is 5.48. The molecule has 1 N–H and O–H groups in total. The fourth-order valence-corrected chi connectivity index (χ4v) is 4.75. The second-order valence-electron chi connectivity index (χ2n) is 9.28. The molecule has 0 spiro atoms. The summed E-state index contributed by atoms with van der Waals surface area (Å²) in [4.78, 5) is 17.2. The molecule has 2 fully saturated rings. The van der Waals surface area contributed by atoms with E-state index in [-0.39, 0.29) is 0 Å². The zero-order valence-electron chi connectivity index (χ0n) is 22.7. The van der Waals surface area contributed by atoms with Gasteiger partial charge in [0, 0.05) is 56.8 Å². The van der Waals surface area contributed by atoms with E-state index in [9.17, 15) is 0 Å². The molecule has 0 bridgehead atoms. The molecule has 0 radical (unpaired) electrons. The van der Waals surface area contributed by atoms with E-state index in [0.717, 1.165) is 93.5 Å². The SMILES string of the molecule is C=C/C=C(\C=C)CN1CCC(Nc2nc(N3CCCN(C)CC3)nc3cc(OC)ccc23)CC1.CC. The number of aromatic nitrogens is 2. The van der Waals surface area contributed by atoms with Gasteiger partial charge in [-0.25, -0.2) is 4.98 Å². The van der Waals surface area contributed by atoms with Crippen molar-refractivity contribution in [1.29, 1.82) is 0 Å². The van der Waals surface area contributed by atoms with Crippen LogP contribution in [-0.2, 0) is 0 Å². The first kappa shape index (κ1) is 27.7. The van der Waals surface area contributed by atoms with Crippen LogP contribution in [0.4, 0.5) is 11.8 Å². The van der Waals surface area contributed by atoms with Crippen LogP contribution in [0.5, 0.6) is 5.75 Å². The van der Waals surface area contributed by atoms with Crippen molar-refractivity contribution in [2.24, 2.45) is 0 Å². The molecule has 0 aliphatic carbocycles.